The van der Waals surface area contributed by atoms with E-state index >= 15 is 0 Å². The van der Waals surface area contributed by atoms with Gasteiger partial charge in [-0.15, -0.1) is 0 Å². The van der Waals surface area contributed by atoms with E-state index in [-0.39, 0.29) is 0 Å². The van der Waals surface area contributed by atoms with E-state index in [4.69, 9.17) is 8.85 Å². The van der Waals surface area contributed by atoms with Crippen molar-refractivity contribution in [3.05, 3.63) is 23.8 Å². The lowest BCUT2D eigenvalue weighted by atomic mass is 10.2. The average Bonchev–Trinajstić information content (AvgIpc) is 2.39. The Balaban J connectivity index is 0.000000399. The molecule has 1 aromatic rings. The van der Waals surface area contributed by atoms with Crippen LogP contribution in [0.3, 0.4) is 0 Å². The molecule has 0 bridgehead atoms. The van der Waals surface area contributed by atoms with Crippen molar-refractivity contribution in [2.75, 3.05) is 27.7 Å². The first kappa shape index (κ1) is 16.4. The van der Waals surface area contributed by atoms with Crippen LogP contribution in [-0.4, -0.2) is 52.2 Å². The zero-order valence-corrected chi connectivity index (χ0v) is 14.3. The molecule has 4 radical (unpaired) electrons. The van der Waals surface area contributed by atoms with Crippen LogP contribution in [-0.2, 0) is 4.43 Å². The van der Waals surface area contributed by atoms with Crippen molar-refractivity contribution in [3.8, 4) is 5.75 Å². The van der Waals surface area contributed by atoms with Gasteiger partial charge in [0.15, 0.2) is 0 Å². The van der Waals surface area contributed by atoms with E-state index in [0.717, 1.165) is 12.4 Å². The Morgan fingerprint density at radius 3 is 2.47 bits per heavy atom. The second kappa shape index (κ2) is 8.53. The maximum absolute atomic E-state index is 5.87. The smallest absolute Gasteiger partial charge is 0.341 e. The fourth-order valence-corrected chi connectivity index (χ4v) is 4.47. The van der Waals surface area contributed by atoms with Crippen LogP contribution in [0.5, 0.6) is 5.75 Å². The van der Waals surface area contributed by atoms with E-state index in [1.807, 2.05) is 38.2 Å². The number of benzene rings is 1. The fraction of sp³-hybridized carbons (Fsp3) is 0.571. The van der Waals surface area contributed by atoms with Crippen LogP contribution in [0, 0.1) is 6.92 Å². The molecule has 0 spiro atoms. The van der Waals surface area contributed by atoms with Crippen molar-refractivity contribution in [2.45, 2.75) is 25.8 Å². The van der Waals surface area contributed by atoms with Gasteiger partial charge in [-0.05, 0) is 57.3 Å². The topological polar surface area (TPSA) is 21.7 Å². The van der Waals surface area contributed by atoms with Crippen molar-refractivity contribution < 1.29 is 8.85 Å². The maximum Gasteiger partial charge on any atom is 0.341 e. The summed E-state index contributed by atoms with van der Waals surface area (Å²) in [5.41, 5.74) is 1.21. The summed E-state index contributed by atoms with van der Waals surface area (Å²) in [5.74, 6) is 0.899. The van der Waals surface area contributed by atoms with Crippen LogP contribution in [0.15, 0.2) is 18.2 Å². The molecule has 0 aliphatic carbocycles. The predicted octanol–water partition coefficient (Wildman–Crippen LogP) is 1.64. The van der Waals surface area contributed by atoms with E-state index in [2.05, 4.69) is 23.5 Å². The number of hydrogen-bond acceptors (Lipinski definition) is 3. The molecule has 3 nitrogen and oxygen atoms in total. The number of rotatable bonds is 2. The summed E-state index contributed by atoms with van der Waals surface area (Å²) in [6, 6.07) is 7.39. The monoisotopic (exact) mass is 293 g/mol. The van der Waals surface area contributed by atoms with Gasteiger partial charge in [-0.25, -0.2) is 0 Å². The summed E-state index contributed by atoms with van der Waals surface area (Å²) in [5, 5.41) is 1.36. The Kier molecular flexibility index (Phi) is 7.37. The predicted molar refractivity (Wildman–Crippen MR) is 82.6 cm³/mol. The summed E-state index contributed by atoms with van der Waals surface area (Å²) >= 11 is 0. The molecule has 1 fully saturated rings. The van der Waals surface area contributed by atoms with Crippen LogP contribution in [0.2, 0.25) is 6.04 Å². The van der Waals surface area contributed by atoms with Crippen LogP contribution in [0.4, 0.5) is 0 Å². The molecule has 0 unspecified atom stereocenters. The minimum atomic E-state index is -0.789. The first-order valence-electron chi connectivity index (χ1n) is 6.59. The zero-order chi connectivity index (χ0) is 14.3. The maximum atomic E-state index is 5.87. The van der Waals surface area contributed by atoms with E-state index in [1.54, 1.807) is 0 Å². The van der Waals surface area contributed by atoms with Gasteiger partial charge in [-0.2, -0.15) is 0 Å². The minimum Gasteiger partial charge on any atom is -0.540 e. The molecule has 0 aromatic heterocycles. The molecule has 0 atom stereocenters. The van der Waals surface area contributed by atoms with Gasteiger partial charge in [0.25, 0.3) is 0 Å². The molecule has 0 N–H and O–H groups in total. The highest BCUT2D eigenvalue weighted by atomic mass is 28.3. The van der Waals surface area contributed by atoms with Gasteiger partial charge >= 0.3 is 10.5 Å². The molecule has 1 aliphatic heterocycles. The van der Waals surface area contributed by atoms with Crippen molar-refractivity contribution in [1.82, 2.24) is 4.90 Å². The molecular weight excluding hydrogens is 270 g/mol. The second-order valence-electron chi connectivity index (χ2n) is 5.10. The van der Waals surface area contributed by atoms with Crippen LogP contribution < -0.4 is 9.61 Å². The van der Waals surface area contributed by atoms with Gasteiger partial charge < -0.3 is 13.8 Å². The van der Waals surface area contributed by atoms with E-state index in [9.17, 15) is 0 Å². The van der Waals surface area contributed by atoms with Gasteiger partial charge in [0.2, 0.25) is 9.04 Å². The number of nitrogens with zero attached hydrogens (tertiary/aromatic N) is 1. The lowest BCUT2D eigenvalue weighted by Gasteiger charge is -2.22. The lowest BCUT2D eigenvalue weighted by molar-refractivity contribution is 0.294. The van der Waals surface area contributed by atoms with E-state index in [0.29, 0.717) is 0 Å². The van der Waals surface area contributed by atoms with E-state index in [1.165, 1.54) is 29.6 Å². The summed E-state index contributed by atoms with van der Waals surface area (Å²) in [6.07, 6.45) is 2.51. The molecule has 1 aromatic carbocycles. The Hall–Kier alpha value is -0.626. The van der Waals surface area contributed by atoms with Crippen molar-refractivity contribution in [3.63, 3.8) is 0 Å². The molecule has 0 amide bonds. The average molecular weight is 294 g/mol. The first-order valence-corrected chi connectivity index (χ1v) is 8.61. The third-order valence-electron chi connectivity index (χ3n) is 2.77. The third kappa shape index (κ3) is 5.48. The molecule has 5 heteroatoms. The SMILES string of the molecule is CN(C)C.Cc1c(O[Si])cccc1[Si]1CCCCO1. The summed E-state index contributed by atoms with van der Waals surface area (Å²) in [6.45, 7) is 3.02. The van der Waals surface area contributed by atoms with Gasteiger partial charge in [0.1, 0.15) is 5.75 Å². The van der Waals surface area contributed by atoms with Gasteiger partial charge in [0.05, 0.1) is 0 Å². The Labute approximate surface area is 122 Å². The molecule has 2 rings (SSSR count). The van der Waals surface area contributed by atoms with Gasteiger partial charge in [-0.1, -0.05) is 18.6 Å². The standard InChI is InChI=1S/C11H14O2Si2.C3H9N/c1-9-10(13-14)5-4-6-11(9)15-8-3-2-7-12-15;1-4(2)3/h4-6H,2-3,7-8H2,1H3;1-3H3. The van der Waals surface area contributed by atoms with Crippen LogP contribution in [0.1, 0.15) is 18.4 Å². The summed E-state index contributed by atoms with van der Waals surface area (Å²) < 4.78 is 11.0. The molecule has 1 heterocycles. The molecule has 104 valence electrons. The summed E-state index contributed by atoms with van der Waals surface area (Å²) in [4.78, 5) is 2.00. The zero-order valence-electron chi connectivity index (χ0n) is 12.3. The molecular formula is C14H23NO2Si2. The molecule has 0 saturated carbocycles. The second-order valence-corrected chi connectivity index (χ2v) is 7.48. The molecule has 1 saturated heterocycles. The Morgan fingerprint density at radius 2 is 1.95 bits per heavy atom. The highest BCUT2D eigenvalue weighted by Gasteiger charge is 2.22. The summed E-state index contributed by atoms with van der Waals surface area (Å²) in [7, 11) is 8.30. The molecule has 1 aliphatic rings. The van der Waals surface area contributed by atoms with Crippen LogP contribution in [0.25, 0.3) is 0 Å². The molecule has 19 heavy (non-hydrogen) atoms. The Morgan fingerprint density at radius 1 is 1.26 bits per heavy atom. The highest BCUT2D eigenvalue weighted by molar-refractivity contribution is 6.68. The first-order chi connectivity index (χ1) is 9.06. The van der Waals surface area contributed by atoms with Crippen molar-refractivity contribution in [1.29, 1.82) is 0 Å². The van der Waals surface area contributed by atoms with E-state index < -0.39 is 9.04 Å². The lowest BCUT2D eigenvalue weighted by Crippen LogP contribution is -2.38. The number of hydrogen-bond donors (Lipinski definition) is 0. The van der Waals surface area contributed by atoms with Gasteiger partial charge in [-0.3, -0.25) is 0 Å². The quantitative estimate of drug-likeness (QED) is 0.774. The highest BCUT2D eigenvalue weighted by Crippen LogP contribution is 2.18. The minimum absolute atomic E-state index is 0.789. The normalized spacial score (nSPS) is 15.9. The van der Waals surface area contributed by atoms with Gasteiger partial charge in [0, 0.05) is 6.61 Å². The van der Waals surface area contributed by atoms with Crippen LogP contribution >= 0.6 is 0 Å². The Bertz CT molecular complexity index is 377. The third-order valence-corrected chi connectivity index (χ3v) is 5.49. The largest absolute Gasteiger partial charge is 0.540 e. The van der Waals surface area contributed by atoms with Crippen molar-refractivity contribution in [2.24, 2.45) is 0 Å². The van der Waals surface area contributed by atoms with Crippen molar-refractivity contribution >= 4 is 24.7 Å². The fourth-order valence-electron chi connectivity index (χ4n) is 1.89.